The molecule has 2 aromatic carbocycles. The van der Waals surface area contributed by atoms with Crippen LogP contribution in [0.15, 0.2) is 54.6 Å². The number of halogens is 1. The maximum atomic E-state index is 13.7. The lowest BCUT2D eigenvalue weighted by molar-refractivity contribution is 0.613. The summed E-state index contributed by atoms with van der Waals surface area (Å²) in [4.78, 5) is 8.87. The second-order valence-electron chi connectivity index (χ2n) is 6.01. The fourth-order valence-corrected chi connectivity index (χ4v) is 2.57. The third-order valence-corrected chi connectivity index (χ3v) is 3.81. The minimum atomic E-state index is -0.224. The Morgan fingerprint density at radius 2 is 1.72 bits per heavy atom. The average molecular weight is 336 g/mol. The Morgan fingerprint density at radius 1 is 0.880 bits per heavy atom. The fourth-order valence-electron chi connectivity index (χ4n) is 2.57. The lowest BCUT2D eigenvalue weighted by atomic mass is 10.1. The molecule has 0 aliphatic rings. The van der Waals surface area contributed by atoms with Crippen molar-refractivity contribution in [1.29, 1.82) is 0 Å². The molecule has 5 heteroatoms. The number of hydrogen-bond donors (Lipinski definition) is 2. The van der Waals surface area contributed by atoms with E-state index in [-0.39, 0.29) is 5.82 Å². The molecule has 25 heavy (non-hydrogen) atoms. The Kier molecular flexibility index (Phi) is 5.23. The van der Waals surface area contributed by atoms with Gasteiger partial charge in [0.1, 0.15) is 11.6 Å². The third-order valence-electron chi connectivity index (χ3n) is 3.81. The van der Waals surface area contributed by atoms with E-state index in [9.17, 15) is 4.39 Å². The topological polar surface area (TPSA) is 49.8 Å². The number of aromatic nitrogens is 2. The van der Waals surface area contributed by atoms with Gasteiger partial charge in [-0.15, -0.1) is 0 Å². The van der Waals surface area contributed by atoms with Gasteiger partial charge >= 0.3 is 0 Å². The van der Waals surface area contributed by atoms with E-state index < -0.39 is 0 Å². The standard InChI is InChI=1S/C20H21FN4/c1-14-6-5-7-16(10-14)12-23-20-24-15(2)11-19(25-20)22-13-17-8-3-4-9-18(17)21/h3-11H,12-13H2,1-2H3,(H2,22,23,24,25). The Labute approximate surface area is 147 Å². The quantitative estimate of drug-likeness (QED) is 0.698. The van der Waals surface area contributed by atoms with Crippen molar-refractivity contribution >= 4 is 11.8 Å². The van der Waals surface area contributed by atoms with Crippen LogP contribution in [0.2, 0.25) is 0 Å². The highest BCUT2D eigenvalue weighted by atomic mass is 19.1. The van der Waals surface area contributed by atoms with Crippen LogP contribution in [0.5, 0.6) is 0 Å². The normalized spacial score (nSPS) is 10.5. The number of hydrogen-bond acceptors (Lipinski definition) is 4. The molecule has 3 aromatic rings. The summed E-state index contributed by atoms with van der Waals surface area (Å²) in [5.74, 6) is 0.999. The summed E-state index contributed by atoms with van der Waals surface area (Å²) in [6.07, 6.45) is 0. The second kappa shape index (κ2) is 7.75. The maximum Gasteiger partial charge on any atom is 0.225 e. The molecule has 0 bridgehead atoms. The molecule has 0 fully saturated rings. The molecule has 3 rings (SSSR count). The summed E-state index contributed by atoms with van der Waals surface area (Å²) < 4.78 is 13.7. The maximum absolute atomic E-state index is 13.7. The van der Waals surface area contributed by atoms with Gasteiger partial charge < -0.3 is 10.6 Å². The molecule has 2 N–H and O–H groups in total. The van der Waals surface area contributed by atoms with Crippen molar-refractivity contribution in [3.05, 3.63) is 82.8 Å². The van der Waals surface area contributed by atoms with Crippen molar-refractivity contribution in [2.75, 3.05) is 10.6 Å². The van der Waals surface area contributed by atoms with E-state index in [0.717, 1.165) is 5.69 Å². The number of nitrogens with one attached hydrogen (secondary N) is 2. The van der Waals surface area contributed by atoms with Crippen LogP contribution in [0.3, 0.4) is 0 Å². The average Bonchev–Trinajstić information content (AvgIpc) is 2.59. The molecule has 1 heterocycles. The van der Waals surface area contributed by atoms with Gasteiger partial charge in [0, 0.05) is 30.4 Å². The first-order valence-corrected chi connectivity index (χ1v) is 8.22. The van der Waals surface area contributed by atoms with Crippen LogP contribution in [-0.2, 0) is 13.1 Å². The molecule has 0 radical (unpaired) electrons. The molecule has 0 amide bonds. The number of anilines is 2. The zero-order valence-electron chi connectivity index (χ0n) is 14.4. The summed E-state index contributed by atoms with van der Waals surface area (Å²) in [5.41, 5.74) is 3.84. The molecule has 0 spiro atoms. The lowest BCUT2D eigenvalue weighted by Gasteiger charge is -2.11. The van der Waals surface area contributed by atoms with E-state index in [2.05, 4.69) is 45.7 Å². The molecule has 4 nitrogen and oxygen atoms in total. The van der Waals surface area contributed by atoms with Crippen molar-refractivity contribution in [2.24, 2.45) is 0 Å². The number of nitrogens with zero attached hydrogens (tertiary/aromatic N) is 2. The van der Waals surface area contributed by atoms with Crippen LogP contribution < -0.4 is 10.6 Å². The Bertz CT molecular complexity index is 864. The highest BCUT2D eigenvalue weighted by Crippen LogP contribution is 2.14. The lowest BCUT2D eigenvalue weighted by Crippen LogP contribution is -2.08. The fraction of sp³-hybridized carbons (Fsp3) is 0.200. The van der Waals surface area contributed by atoms with Gasteiger partial charge in [0.25, 0.3) is 0 Å². The van der Waals surface area contributed by atoms with Crippen molar-refractivity contribution in [3.8, 4) is 0 Å². The van der Waals surface area contributed by atoms with Crippen molar-refractivity contribution < 1.29 is 4.39 Å². The monoisotopic (exact) mass is 336 g/mol. The molecule has 1 aromatic heterocycles. The SMILES string of the molecule is Cc1cccc(CNc2nc(C)cc(NCc3ccccc3F)n2)c1. The Hall–Kier alpha value is -2.95. The number of rotatable bonds is 6. The molecule has 0 unspecified atom stereocenters. The summed E-state index contributed by atoms with van der Waals surface area (Å²) in [6.45, 7) is 5.00. The van der Waals surface area contributed by atoms with Crippen molar-refractivity contribution in [2.45, 2.75) is 26.9 Å². The van der Waals surface area contributed by atoms with E-state index >= 15 is 0 Å². The van der Waals surface area contributed by atoms with Gasteiger partial charge in [-0.25, -0.2) is 9.37 Å². The second-order valence-corrected chi connectivity index (χ2v) is 6.01. The van der Waals surface area contributed by atoms with Gasteiger partial charge in [0.15, 0.2) is 0 Å². The van der Waals surface area contributed by atoms with E-state index in [0.29, 0.717) is 30.4 Å². The summed E-state index contributed by atoms with van der Waals surface area (Å²) in [5, 5.41) is 6.40. The van der Waals surface area contributed by atoms with Gasteiger partial charge in [-0.05, 0) is 25.5 Å². The molecule has 0 saturated heterocycles. The van der Waals surface area contributed by atoms with Crippen LogP contribution in [-0.4, -0.2) is 9.97 Å². The first-order valence-electron chi connectivity index (χ1n) is 8.22. The van der Waals surface area contributed by atoms with Crippen LogP contribution in [0.25, 0.3) is 0 Å². The smallest absolute Gasteiger partial charge is 0.225 e. The van der Waals surface area contributed by atoms with Gasteiger partial charge in [-0.2, -0.15) is 4.98 Å². The zero-order chi connectivity index (χ0) is 17.6. The van der Waals surface area contributed by atoms with E-state index in [1.54, 1.807) is 12.1 Å². The Balaban J connectivity index is 1.67. The Morgan fingerprint density at radius 3 is 2.52 bits per heavy atom. The van der Waals surface area contributed by atoms with Crippen LogP contribution in [0.1, 0.15) is 22.4 Å². The molecule has 0 aliphatic heterocycles. The predicted molar refractivity (Wildman–Crippen MR) is 99.0 cm³/mol. The van der Waals surface area contributed by atoms with Crippen molar-refractivity contribution in [3.63, 3.8) is 0 Å². The largest absolute Gasteiger partial charge is 0.366 e. The molecular formula is C20H21FN4. The summed E-state index contributed by atoms with van der Waals surface area (Å²) in [7, 11) is 0. The molecule has 0 aliphatic carbocycles. The highest BCUT2D eigenvalue weighted by Gasteiger charge is 2.05. The first-order chi connectivity index (χ1) is 12.1. The highest BCUT2D eigenvalue weighted by molar-refractivity contribution is 5.43. The van der Waals surface area contributed by atoms with E-state index in [4.69, 9.17) is 0 Å². The van der Waals surface area contributed by atoms with E-state index in [1.165, 1.54) is 17.2 Å². The van der Waals surface area contributed by atoms with Gasteiger partial charge in [0.2, 0.25) is 5.95 Å². The molecule has 128 valence electrons. The minimum Gasteiger partial charge on any atom is -0.366 e. The van der Waals surface area contributed by atoms with Crippen LogP contribution in [0, 0.1) is 19.7 Å². The summed E-state index contributed by atoms with van der Waals surface area (Å²) >= 11 is 0. The third kappa shape index (κ3) is 4.76. The van der Waals surface area contributed by atoms with Gasteiger partial charge in [0.05, 0.1) is 0 Å². The predicted octanol–water partition coefficient (Wildman–Crippen LogP) is 4.46. The molecule has 0 atom stereocenters. The van der Waals surface area contributed by atoms with Gasteiger partial charge in [-0.1, -0.05) is 48.0 Å². The molecular weight excluding hydrogens is 315 g/mol. The summed E-state index contributed by atoms with van der Waals surface area (Å²) in [6, 6.07) is 16.8. The number of benzene rings is 2. The molecule has 0 saturated carbocycles. The van der Waals surface area contributed by atoms with Gasteiger partial charge in [-0.3, -0.25) is 0 Å². The minimum absolute atomic E-state index is 0.224. The van der Waals surface area contributed by atoms with Crippen LogP contribution in [0.4, 0.5) is 16.2 Å². The number of aryl methyl sites for hydroxylation is 2. The van der Waals surface area contributed by atoms with Crippen LogP contribution >= 0.6 is 0 Å². The zero-order valence-corrected chi connectivity index (χ0v) is 14.4. The van der Waals surface area contributed by atoms with Crippen molar-refractivity contribution in [1.82, 2.24) is 9.97 Å². The first kappa shape index (κ1) is 16.9. The van der Waals surface area contributed by atoms with E-state index in [1.807, 2.05) is 25.1 Å².